The van der Waals surface area contributed by atoms with Gasteiger partial charge in [-0.2, -0.15) is 0 Å². The van der Waals surface area contributed by atoms with Gasteiger partial charge < -0.3 is 0 Å². The van der Waals surface area contributed by atoms with Gasteiger partial charge in [0.05, 0.1) is 5.92 Å². The summed E-state index contributed by atoms with van der Waals surface area (Å²) < 4.78 is 12.8. The molecule has 3 N–H and O–H groups in total. The van der Waals surface area contributed by atoms with E-state index in [0.717, 1.165) is 10.5 Å². The Hall–Kier alpha value is -1.85. The van der Waals surface area contributed by atoms with E-state index in [1.807, 2.05) is 30.3 Å². The van der Waals surface area contributed by atoms with Gasteiger partial charge in [-0.3, -0.25) is 10.2 Å². The van der Waals surface area contributed by atoms with Crippen LogP contribution in [0.5, 0.6) is 0 Å². The number of thioether (sulfide) groups is 1. The Bertz CT molecular complexity index is 560. The van der Waals surface area contributed by atoms with Gasteiger partial charge in [0.1, 0.15) is 5.82 Å². The van der Waals surface area contributed by atoms with Crippen LogP contribution in [0.4, 0.5) is 4.39 Å². The molecule has 0 aliphatic carbocycles. The molecule has 3 nitrogen and oxygen atoms in total. The molecule has 2 rings (SSSR count). The van der Waals surface area contributed by atoms with Gasteiger partial charge in [-0.25, -0.2) is 10.2 Å². The first kappa shape index (κ1) is 14.6. The van der Waals surface area contributed by atoms with Crippen LogP contribution in [0.2, 0.25) is 0 Å². The van der Waals surface area contributed by atoms with Crippen LogP contribution in [0.3, 0.4) is 0 Å². The molecule has 0 radical (unpaired) electrons. The zero-order chi connectivity index (χ0) is 14.4. The third kappa shape index (κ3) is 3.82. The van der Waals surface area contributed by atoms with Gasteiger partial charge in [0.25, 0.3) is 0 Å². The number of benzene rings is 2. The quantitative estimate of drug-likeness (QED) is 0.385. The zero-order valence-electron chi connectivity index (χ0n) is 10.8. The van der Waals surface area contributed by atoms with E-state index in [9.17, 15) is 9.18 Å². The monoisotopic (exact) mass is 290 g/mol. The Labute approximate surface area is 121 Å². The van der Waals surface area contributed by atoms with Crippen molar-refractivity contribution in [1.82, 2.24) is 5.43 Å². The lowest BCUT2D eigenvalue weighted by Crippen LogP contribution is -2.35. The minimum Gasteiger partial charge on any atom is -0.294 e. The highest BCUT2D eigenvalue weighted by Gasteiger charge is 2.19. The van der Waals surface area contributed by atoms with Crippen LogP contribution in [0.15, 0.2) is 59.5 Å². The lowest BCUT2D eigenvalue weighted by Gasteiger charge is -2.15. The Morgan fingerprint density at radius 2 is 1.80 bits per heavy atom. The predicted octanol–water partition coefficient (Wildman–Crippen LogP) is 2.69. The maximum absolute atomic E-state index is 12.8. The van der Waals surface area contributed by atoms with Gasteiger partial charge in [0.2, 0.25) is 5.91 Å². The van der Waals surface area contributed by atoms with Crippen molar-refractivity contribution in [3.05, 3.63) is 66.0 Å². The van der Waals surface area contributed by atoms with E-state index in [1.54, 1.807) is 12.1 Å². The van der Waals surface area contributed by atoms with Crippen LogP contribution in [-0.4, -0.2) is 11.7 Å². The van der Waals surface area contributed by atoms with Gasteiger partial charge >= 0.3 is 0 Å². The molecule has 0 spiro atoms. The molecule has 0 saturated heterocycles. The highest BCUT2D eigenvalue weighted by molar-refractivity contribution is 7.99. The first-order valence-corrected chi connectivity index (χ1v) is 7.13. The predicted molar refractivity (Wildman–Crippen MR) is 78.6 cm³/mol. The van der Waals surface area contributed by atoms with Gasteiger partial charge in [-0.15, -0.1) is 11.8 Å². The number of amides is 1. The van der Waals surface area contributed by atoms with Gasteiger partial charge in [-0.05, 0) is 29.8 Å². The number of rotatable bonds is 5. The molecule has 0 aromatic heterocycles. The topological polar surface area (TPSA) is 55.1 Å². The minimum atomic E-state index is -0.337. The Balaban J connectivity index is 2.09. The number of nitrogens with one attached hydrogen (secondary N) is 1. The summed E-state index contributed by atoms with van der Waals surface area (Å²) in [5.41, 5.74) is 3.10. The molecule has 0 fully saturated rings. The van der Waals surface area contributed by atoms with Crippen LogP contribution in [-0.2, 0) is 4.79 Å². The average Bonchev–Trinajstić information content (AvgIpc) is 2.50. The molecule has 0 heterocycles. The number of nitrogens with two attached hydrogens (primary N) is 1. The molecule has 104 valence electrons. The summed E-state index contributed by atoms with van der Waals surface area (Å²) in [4.78, 5) is 12.8. The molecule has 0 aliphatic rings. The number of hydrogen-bond donors (Lipinski definition) is 2. The molecule has 1 amide bonds. The summed E-state index contributed by atoms with van der Waals surface area (Å²) in [6.07, 6.45) is 0. The number of hydrogen-bond acceptors (Lipinski definition) is 3. The molecule has 2 aromatic carbocycles. The molecule has 5 heteroatoms. The normalized spacial score (nSPS) is 11.9. The smallest absolute Gasteiger partial charge is 0.242 e. The van der Waals surface area contributed by atoms with E-state index in [-0.39, 0.29) is 17.6 Å². The van der Waals surface area contributed by atoms with Crippen LogP contribution < -0.4 is 11.3 Å². The summed E-state index contributed by atoms with van der Waals surface area (Å²) in [6, 6.07) is 15.7. The summed E-state index contributed by atoms with van der Waals surface area (Å²) in [5, 5.41) is 0. The standard InChI is InChI=1S/C15H15FN2OS/c16-12-6-8-13(9-7-12)20-10-14(15(19)18-17)11-4-2-1-3-5-11/h1-9,14H,10,17H2,(H,18,19). The number of carbonyl (C=O) groups excluding carboxylic acids is 1. The number of halogens is 1. The first-order valence-electron chi connectivity index (χ1n) is 6.14. The number of hydrazine groups is 1. The highest BCUT2D eigenvalue weighted by Crippen LogP contribution is 2.26. The van der Waals surface area contributed by atoms with Gasteiger partial charge in [0, 0.05) is 10.6 Å². The third-order valence-corrected chi connectivity index (χ3v) is 4.00. The third-order valence-electron chi connectivity index (χ3n) is 2.89. The molecule has 1 atom stereocenters. The summed E-state index contributed by atoms with van der Waals surface area (Å²) in [7, 11) is 0. The van der Waals surface area contributed by atoms with Gasteiger partial charge in [-0.1, -0.05) is 30.3 Å². The van der Waals surface area contributed by atoms with Crippen LogP contribution in [0, 0.1) is 5.82 Å². The van der Waals surface area contributed by atoms with Crippen molar-refractivity contribution in [2.45, 2.75) is 10.8 Å². The van der Waals surface area contributed by atoms with E-state index >= 15 is 0 Å². The van der Waals surface area contributed by atoms with Crippen molar-refractivity contribution in [3.8, 4) is 0 Å². The Morgan fingerprint density at radius 1 is 1.15 bits per heavy atom. The molecule has 20 heavy (non-hydrogen) atoms. The molecular weight excluding hydrogens is 275 g/mol. The van der Waals surface area contributed by atoms with Gasteiger partial charge in [0.15, 0.2) is 0 Å². The fraction of sp³-hybridized carbons (Fsp3) is 0.133. The van der Waals surface area contributed by atoms with Crippen LogP contribution >= 0.6 is 11.8 Å². The van der Waals surface area contributed by atoms with Crippen molar-refractivity contribution in [3.63, 3.8) is 0 Å². The molecule has 0 aliphatic heterocycles. The average molecular weight is 290 g/mol. The molecule has 1 unspecified atom stereocenters. The Morgan fingerprint density at radius 3 is 2.40 bits per heavy atom. The SMILES string of the molecule is NNC(=O)C(CSc1ccc(F)cc1)c1ccccc1. The first-order chi connectivity index (χ1) is 9.70. The maximum Gasteiger partial charge on any atom is 0.242 e. The van der Waals surface area contributed by atoms with Crippen molar-refractivity contribution in [1.29, 1.82) is 0 Å². The summed E-state index contributed by atoms with van der Waals surface area (Å²) in [5.74, 6) is 4.94. The zero-order valence-corrected chi connectivity index (χ0v) is 11.6. The maximum atomic E-state index is 12.8. The second kappa shape index (κ2) is 7.07. The van der Waals surface area contributed by atoms with E-state index in [1.165, 1.54) is 23.9 Å². The molecule has 0 saturated carbocycles. The number of carbonyl (C=O) groups is 1. The van der Waals surface area contributed by atoms with Crippen LogP contribution in [0.1, 0.15) is 11.5 Å². The van der Waals surface area contributed by atoms with E-state index in [4.69, 9.17) is 5.84 Å². The molecule has 2 aromatic rings. The lowest BCUT2D eigenvalue weighted by molar-refractivity contribution is -0.122. The summed E-state index contributed by atoms with van der Waals surface area (Å²) in [6.45, 7) is 0. The van der Waals surface area contributed by atoms with Crippen molar-refractivity contribution in [2.75, 3.05) is 5.75 Å². The fourth-order valence-corrected chi connectivity index (χ4v) is 2.85. The summed E-state index contributed by atoms with van der Waals surface area (Å²) >= 11 is 1.49. The second-order valence-corrected chi connectivity index (χ2v) is 5.33. The fourth-order valence-electron chi connectivity index (χ4n) is 1.82. The van der Waals surface area contributed by atoms with Crippen molar-refractivity contribution < 1.29 is 9.18 Å². The lowest BCUT2D eigenvalue weighted by atomic mass is 10.0. The Kier molecular flexibility index (Phi) is 5.15. The highest BCUT2D eigenvalue weighted by atomic mass is 32.2. The van der Waals surface area contributed by atoms with E-state index in [2.05, 4.69) is 5.43 Å². The minimum absolute atomic E-state index is 0.231. The molecule has 0 bridgehead atoms. The van der Waals surface area contributed by atoms with Crippen LogP contribution in [0.25, 0.3) is 0 Å². The van der Waals surface area contributed by atoms with E-state index < -0.39 is 0 Å². The largest absolute Gasteiger partial charge is 0.294 e. The van der Waals surface area contributed by atoms with E-state index in [0.29, 0.717) is 5.75 Å². The van der Waals surface area contributed by atoms with Crippen molar-refractivity contribution in [2.24, 2.45) is 5.84 Å². The van der Waals surface area contributed by atoms with Crippen molar-refractivity contribution >= 4 is 17.7 Å². The second-order valence-electron chi connectivity index (χ2n) is 4.24. The molecular formula is C15H15FN2OS.